The van der Waals surface area contributed by atoms with E-state index in [1.807, 2.05) is 36.2 Å². The summed E-state index contributed by atoms with van der Waals surface area (Å²) in [5, 5.41) is 11.5. The Morgan fingerprint density at radius 1 is 1.18 bits per heavy atom. The van der Waals surface area contributed by atoms with Crippen molar-refractivity contribution in [3.63, 3.8) is 0 Å². The minimum atomic E-state index is -0.482. The molecule has 0 spiro atoms. The zero-order valence-electron chi connectivity index (χ0n) is 11.7. The molecule has 0 unspecified atom stereocenters. The topological polar surface area (TPSA) is 63.5 Å². The number of allylic oxidation sites excluding steroid dienone is 1. The van der Waals surface area contributed by atoms with Gasteiger partial charge in [0.05, 0.1) is 15.6 Å². The minimum Gasteiger partial charge on any atom is -0.338 e. The molecule has 3 rings (SSSR count). The smallest absolute Gasteiger partial charge is 0.269 e. The highest BCUT2D eigenvalue weighted by Crippen LogP contribution is 2.44. The number of carbonyl (C=O) groups excluding carboxylic acids is 1. The fraction of sp³-hybridized carbons (Fsp3) is 0.0625. The maximum Gasteiger partial charge on any atom is 0.269 e. The molecule has 0 radical (unpaired) electrons. The van der Waals surface area contributed by atoms with Gasteiger partial charge in [-0.25, -0.2) is 0 Å². The number of nitrogens with zero attached hydrogens (tertiary/aromatic N) is 2. The number of hydrogen-bond acceptors (Lipinski definition) is 5. The molecule has 22 heavy (non-hydrogen) atoms. The van der Waals surface area contributed by atoms with Crippen LogP contribution in [0, 0.1) is 10.1 Å². The number of anilines is 1. The van der Waals surface area contributed by atoms with Crippen molar-refractivity contribution in [2.75, 3.05) is 11.9 Å². The van der Waals surface area contributed by atoms with Crippen molar-refractivity contribution < 1.29 is 9.72 Å². The van der Waals surface area contributed by atoms with Crippen molar-refractivity contribution in [2.24, 2.45) is 0 Å². The number of nitro benzene ring substituents is 1. The normalized spacial score (nSPS) is 15.0. The molecule has 5 nitrogen and oxygen atoms in total. The monoisotopic (exact) mass is 312 g/mol. The lowest BCUT2D eigenvalue weighted by atomic mass is 10.1. The molecule has 0 aromatic heterocycles. The lowest BCUT2D eigenvalue weighted by Crippen LogP contribution is -2.11. The number of fused-ring (bicyclic) bond motifs is 1. The molecule has 0 saturated carbocycles. The molecular weight excluding hydrogens is 300 g/mol. The van der Waals surface area contributed by atoms with Gasteiger partial charge in [0.2, 0.25) is 0 Å². The average Bonchev–Trinajstić information content (AvgIpc) is 2.84. The molecular formula is C16H12N2O3S. The highest BCUT2D eigenvalue weighted by atomic mass is 32.2. The van der Waals surface area contributed by atoms with Gasteiger partial charge in [0.15, 0.2) is 5.78 Å². The Kier molecular flexibility index (Phi) is 3.68. The molecule has 1 aliphatic rings. The van der Waals surface area contributed by atoms with Crippen LogP contribution < -0.4 is 4.90 Å². The molecule has 1 aliphatic heterocycles. The first kappa shape index (κ1) is 14.3. The van der Waals surface area contributed by atoms with E-state index in [2.05, 4.69) is 0 Å². The van der Waals surface area contributed by atoms with Crippen LogP contribution in [0.1, 0.15) is 10.4 Å². The van der Waals surface area contributed by atoms with E-state index in [9.17, 15) is 14.9 Å². The Balaban J connectivity index is 1.84. The molecule has 0 atom stereocenters. The SMILES string of the molecule is CN1/C(=C\C(=O)c2ccc([N+](=O)[O-])cc2)Sc2ccccc21. The van der Waals surface area contributed by atoms with Crippen LogP contribution in [-0.4, -0.2) is 17.8 Å². The zero-order chi connectivity index (χ0) is 15.7. The number of hydrogen-bond donors (Lipinski definition) is 0. The Labute approximate surface area is 131 Å². The zero-order valence-corrected chi connectivity index (χ0v) is 12.5. The van der Waals surface area contributed by atoms with Crippen molar-refractivity contribution in [2.45, 2.75) is 4.90 Å². The second-order valence-corrected chi connectivity index (χ2v) is 5.84. The van der Waals surface area contributed by atoms with Crippen LogP contribution in [0.25, 0.3) is 0 Å². The van der Waals surface area contributed by atoms with E-state index >= 15 is 0 Å². The van der Waals surface area contributed by atoms with Crippen LogP contribution in [-0.2, 0) is 0 Å². The molecule has 0 aliphatic carbocycles. The Morgan fingerprint density at radius 2 is 1.86 bits per heavy atom. The van der Waals surface area contributed by atoms with E-state index in [1.54, 1.807) is 6.08 Å². The van der Waals surface area contributed by atoms with Gasteiger partial charge in [-0.1, -0.05) is 23.9 Å². The molecule has 6 heteroatoms. The van der Waals surface area contributed by atoms with Gasteiger partial charge in [-0.3, -0.25) is 14.9 Å². The number of nitro groups is 1. The van der Waals surface area contributed by atoms with E-state index in [-0.39, 0.29) is 11.5 Å². The first-order valence-electron chi connectivity index (χ1n) is 6.57. The fourth-order valence-corrected chi connectivity index (χ4v) is 3.27. The summed E-state index contributed by atoms with van der Waals surface area (Å²) in [6.45, 7) is 0. The summed E-state index contributed by atoms with van der Waals surface area (Å²) >= 11 is 1.53. The number of ketones is 1. The number of carbonyl (C=O) groups is 1. The lowest BCUT2D eigenvalue weighted by molar-refractivity contribution is -0.384. The summed E-state index contributed by atoms with van der Waals surface area (Å²) in [6, 6.07) is 13.6. The van der Waals surface area contributed by atoms with E-state index in [1.165, 1.54) is 36.0 Å². The molecule has 0 fully saturated rings. The third-order valence-electron chi connectivity index (χ3n) is 3.39. The highest BCUT2D eigenvalue weighted by Gasteiger charge is 2.22. The first-order chi connectivity index (χ1) is 10.6. The van der Waals surface area contributed by atoms with Gasteiger partial charge in [0, 0.05) is 35.7 Å². The molecule has 2 aromatic rings. The van der Waals surface area contributed by atoms with E-state index in [4.69, 9.17) is 0 Å². The molecule has 0 bridgehead atoms. The van der Waals surface area contributed by atoms with Crippen molar-refractivity contribution >= 4 is 28.9 Å². The number of thioether (sulfide) groups is 1. The van der Waals surface area contributed by atoms with Gasteiger partial charge in [0.25, 0.3) is 5.69 Å². The third kappa shape index (κ3) is 2.60. The molecule has 0 saturated heterocycles. The number of rotatable bonds is 3. The fourth-order valence-electron chi connectivity index (χ4n) is 2.19. The van der Waals surface area contributed by atoms with E-state index < -0.39 is 4.92 Å². The molecule has 2 aromatic carbocycles. The number of non-ortho nitro benzene ring substituents is 1. The molecule has 110 valence electrons. The molecule has 0 N–H and O–H groups in total. The van der Waals surface area contributed by atoms with Crippen LogP contribution in [0.5, 0.6) is 0 Å². The van der Waals surface area contributed by atoms with Gasteiger partial charge in [-0.2, -0.15) is 0 Å². The van der Waals surface area contributed by atoms with Crippen molar-refractivity contribution in [1.82, 2.24) is 0 Å². The predicted molar refractivity (Wildman–Crippen MR) is 86.2 cm³/mol. The number of para-hydroxylation sites is 1. The van der Waals surface area contributed by atoms with Crippen LogP contribution in [0.4, 0.5) is 11.4 Å². The van der Waals surface area contributed by atoms with Gasteiger partial charge in [0.1, 0.15) is 0 Å². The van der Waals surface area contributed by atoms with Crippen LogP contribution in [0.15, 0.2) is 64.5 Å². The molecule has 0 amide bonds. The third-order valence-corrected chi connectivity index (χ3v) is 4.55. The average molecular weight is 312 g/mol. The van der Waals surface area contributed by atoms with Crippen molar-refractivity contribution in [3.05, 3.63) is 75.3 Å². The quantitative estimate of drug-likeness (QED) is 0.373. The maximum absolute atomic E-state index is 12.3. The lowest BCUT2D eigenvalue weighted by Gasteiger charge is -2.12. The maximum atomic E-state index is 12.3. The Hall–Kier alpha value is -2.60. The second-order valence-electron chi connectivity index (χ2n) is 4.78. The largest absolute Gasteiger partial charge is 0.338 e. The van der Waals surface area contributed by atoms with Crippen LogP contribution in [0.2, 0.25) is 0 Å². The van der Waals surface area contributed by atoms with Gasteiger partial charge < -0.3 is 4.90 Å². The van der Waals surface area contributed by atoms with Crippen molar-refractivity contribution in [3.8, 4) is 0 Å². The summed E-state index contributed by atoms with van der Waals surface area (Å²) in [7, 11) is 1.91. The summed E-state index contributed by atoms with van der Waals surface area (Å²) < 4.78 is 0. The summed E-state index contributed by atoms with van der Waals surface area (Å²) in [4.78, 5) is 25.5. The Morgan fingerprint density at radius 3 is 2.50 bits per heavy atom. The Bertz CT molecular complexity index is 784. The van der Waals surface area contributed by atoms with Gasteiger partial charge in [-0.15, -0.1) is 0 Å². The summed E-state index contributed by atoms with van der Waals surface area (Å²) in [6.07, 6.45) is 1.56. The van der Waals surface area contributed by atoms with Crippen LogP contribution in [0.3, 0.4) is 0 Å². The second kappa shape index (κ2) is 5.65. The summed E-state index contributed by atoms with van der Waals surface area (Å²) in [5.74, 6) is -0.169. The van der Waals surface area contributed by atoms with E-state index in [0.29, 0.717) is 5.56 Å². The van der Waals surface area contributed by atoms with Crippen molar-refractivity contribution in [1.29, 1.82) is 0 Å². The standard InChI is InChI=1S/C16H12N2O3S/c1-17-13-4-2-3-5-15(13)22-16(17)10-14(19)11-6-8-12(9-7-11)18(20)21/h2-10H,1H3/b16-10+. The predicted octanol–water partition coefficient (Wildman–Crippen LogP) is 3.86. The highest BCUT2D eigenvalue weighted by molar-refractivity contribution is 8.03. The van der Waals surface area contributed by atoms with E-state index in [0.717, 1.165) is 15.6 Å². The number of benzene rings is 2. The summed E-state index contributed by atoms with van der Waals surface area (Å²) in [5.41, 5.74) is 1.47. The van der Waals surface area contributed by atoms with Crippen LogP contribution >= 0.6 is 11.8 Å². The minimum absolute atomic E-state index is 0.0241. The first-order valence-corrected chi connectivity index (χ1v) is 7.39. The van der Waals surface area contributed by atoms with Gasteiger partial charge >= 0.3 is 0 Å². The van der Waals surface area contributed by atoms with Gasteiger partial charge in [-0.05, 0) is 24.3 Å². The molecule has 1 heterocycles.